The van der Waals surface area contributed by atoms with E-state index in [1.807, 2.05) is 0 Å². The molecular formula is C44H83N5O11Si4. The van der Waals surface area contributed by atoms with Gasteiger partial charge in [0, 0.05) is 37.0 Å². The van der Waals surface area contributed by atoms with Crippen LogP contribution in [0.15, 0.2) is 43.7 Å². The first-order valence-corrected chi connectivity index (χ1v) is 34.5. The van der Waals surface area contributed by atoms with Gasteiger partial charge in [0.15, 0.2) is 39.5 Å². The fraction of sp³-hybridized carbons (Fsp3) is 0.818. The predicted molar refractivity (Wildman–Crippen MR) is 261 cm³/mol. The summed E-state index contributed by atoms with van der Waals surface area (Å²) >= 11 is 0. The second kappa shape index (κ2) is 19.1. The number of ether oxygens (including phenoxy) is 2. The highest BCUT2D eigenvalue weighted by Crippen LogP contribution is 2.48. The summed E-state index contributed by atoms with van der Waals surface area (Å²) in [6, 6.07) is 2.58. The molecule has 2 aromatic heterocycles. The van der Waals surface area contributed by atoms with E-state index in [4.69, 9.17) is 27.2 Å². The highest BCUT2D eigenvalue weighted by Gasteiger charge is 2.56. The van der Waals surface area contributed by atoms with Gasteiger partial charge in [-0.3, -0.25) is 28.7 Å². The Bertz CT molecular complexity index is 2140. The molecule has 2 aromatic rings. The fourth-order valence-electron chi connectivity index (χ4n) is 6.93. The number of hydrogen-bond acceptors (Lipinski definition) is 12. The quantitative estimate of drug-likeness (QED) is 0.110. The van der Waals surface area contributed by atoms with Gasteiger partial charge in [-0.2, -0.15) is 5.06 Å². The van der Waals surface area contributed by atoms with E-state index in [9.17, 15) is 24.4 Å². The summed E-state index contributed by atoms with van der Waals surface area (Å²) in [5, 5.41) is 12.6. The van der Waals surface area contributed by atoms with Crippen LogP contribution in [0, 0.1) is 5.92 Å². The lowest BCUT2D eigenvalue weighted by molar-refractivity contribution is -0.139. The maximum atomic E-state index is 13.5. The van der Waals surface area contributed by atoms with Crippen molar-refractivity contribution in [2.45, 2.75) is 205 Å². The third kappa shape index (κ3) is 12.3. The molecule has 0 aliphatic carbocycles. The lowest BCUT2D eigenvalue weighted by Gasteiger charge is -2.44. The first kappa shape index (κ1) is 54.5. The lowest BCUT2D eigenvalue weighted by Crippen LogP contribution is -2.55. The van der Waals surface area contributed by atoms with E-state index in [0.29, 0.717) is 6.42 Å². The third-order valence-corrected chi connectivity index (χ3v) is 33.2. The van der Waals surface area contributed by atoms with Crippen LogP contribution in [0.2, 0.25) is 72.5 Å². The Morgan fingerprint density at radius 1 is 0.594 bits per heavy atom. The van der Waals surface area contributed by atoms with Gasteiger partial charge in [-0.25, -0.2) is 9.59 Å². The molecule has 4 heterocycles. The Morgan fingerprint density at radius 3 is 1.41 bits per heavy atom. The Morgan fingerprint density at radius 2 is 0.984 bits per heavy atom. The van der Waals surface area contributed by atoms with Crippen molar-refractivity contribution in [2.75, 3.05) is 19.7 Å². The number of H-pyrrole nitrogens is 2. The second-order valence-electron chi connectivity index (χ2n) is 24.1. The van der Waals surface area contributed by atoms with E-state index in [1.165, 1.54) is 38.7 Å². The van der Waals surface area contributed by atoms with E-state index < -0.39 is 105 Å². The Kier molecular flexibility index (Phi) is 16.3. The molecule has 0 aromatic carbocycles. The summed E-state index contributed by atoms with van der Waals surface area (Å²) < 4.78 is 44.8. The zero-order valence-corrected chi connectivity index (χ0v) is 46.6. The summed E-state index contributed by atoms with van der Waals surface area (Å²) in [5.41, 5.74) is -2.30. The largest absolute Gasteiger partial charge is 0.414 e. The summed E-state index contributed by atoms with van der Waals surface area (Å²) in [5.74, 6) is -0.466. The van der Waals surface area contributed by atoms with Crippen LogP contribution in [0.5, 0.6) is 0 Å². The SMILES string of the molecule is CC(C)(C)[Si](C)(C)OCC1OC(n2ccc(=O)[nH]c2=O)C(CCN(O)CC2OC(n3ccc(=O)[nH]c3=O)C(O[Si](C)(C)C(C)(C)C)C2O[Si](C)(C)C(C)(C)C)C1O[Si](C)(C)C(C)(C)C. The maximum Gasteiger partial charge on any atom is 0.330 e. The Hall–Kier alpha value is -2.09. The van der Waals surface area contributed by atoms with Crippen molar-refractivity contribution in [1.29, 1.82) is 0 Å². The monoisotopic (exact) mass is 970 g/mol. The van der Waals surface area contributed by atoms with Crippen molar-refractivity contribution < 1.29 is 32.4 Å². The molecule has 366 valence electrons. The van der Waals surface area contributed by atoms with Crippen molar-refractivity contribution in [2.24, 2.45) is 5.92 Å². The molecule has 0 spiro atoms. The number of aromatic amines is 2. The minimum absolute atomic E-state index is 0.0201. The van der Waals surface area contributed by atoms with Crippen LogP contribution in [-0.4, -0.2) is 113 Å². The summed E-state index contributed by atoms with van der Waals surface area (Å²) in [4.78, 5) is 56.2. The van der Waals surface area contributed by atoms with Gasteiger partial charge < -0.3 is 32.4 Å². The highest BCUT2D eigenvalue weighted by atomic mass is 28.4. The van der Waals surface area contributed by atoms with Gasteiger partial charge in [-0.05, 0) is 78.9 Å². The van der Waals surface area contributed by atoms with Crippen LogP contribution in [0.1, 0.15) is 102 Å². The average Bonchev–Trinajstić information content (AvgIpc) is 3.59. The molecule has 20 heteroatoms. The number of hydroxylamine groups is 2. The predicted octanol–water partition coefficient (Wildman–Crippen LogP) is 7.77. The van der Waals surface area contributed by atoms with Crippen LogP contribution in [-0.2, 0) is 27.2 Å². The summed E-state index contributed by atoms with van der Waals surface area (Å²) in [6.45, 7) is 43.5. The van der Waals surface area contributed by atoms with Crippen LogP contribution < -0.4 is 22.5 Å². The zero-order valence-electron chi connectivity index (χ0n) is 42.6. The molecule has 0 bridgehead atoms. The average molecular weight is 971 g/mol. The number of nitrogens with zero attached hydrogens (tertiary/aromatic N) is 3. The topological polar surface area (TPSA) is 189 Å². The van der Waals surface area contributed by atoms with E-state index in [0.717, 1.165) is 0 Å². The molecule has 8 atom stereocenters. The van der Waals surface area contributed by atoms with Crippen LogP contribution in [0.25, 0.3) is 0 Å². The molecule has 8 unspecified atom stereocenters. The number of hydrogen-bond donors (Lipinski definition) is 3. The van der Waals surface area contributed by atoms with Crippen LogP contribution in [0.4, 0.5) is 0 Å². The zero-order chi connectivity index (χ0) is 49.0. The molecule has 2 aliphatic heterocycles. The van der Waals surface area contributed by atoms with Gasteiger partial charge in [0.2, 0.25) is 0 Å². The van der Waals surface area contributed by atoms with Gasteiger partial charge in [-0.15, -0.1) is 0 Å². The summed E-state index contributed by atoms with van der Waals surface area (Å²) in [7, 11) is -9.84. The van der Waals surface area contributed by atoms with Crippen molar-refractivity contribution in [3.63, 3.8) is 0 Å². The molecule has 3 N–H and O–H groups in total. The van der Waals surface area contributed by atoms with E-state index in [1.54, 1.807) is 0 Å². The molecular weight excluding hydrogens is 887 g/mol. The first-order valence-electron chi connectivity index (χ1n) is 22.9. The van der Waals surface area contributed by atoms with Gasteiger partial charge in [-0.1, -0.05) is 83.1 Å². The minimum Gasteiger partial charge on any atom is -0.414 e. The van der Waals surface area contributed by atoms with Crippen molar-refractivity contribution in [1.82, 2.24) is 24.2 Å². The van der Waals surface area contributed by atoms with Crippen molar-refractivity contribution in [3.05, 3.63) is 66.2 Å². The molecule has 16 nitrogen and oxygen atoms in total. The van der Waals surface area contributed by atoms with Gasteiger partial charge in [0.1, 0.15) is 30.6 Å². The smallest absolute Gasteiger partial charge is 0.330 e. The first-order chi connectivity index (χ1) is 28.8. The fourth-order valence-corrected chi connectivity index (χ4v) is 11.9. The molecule has 64 heavy (non-hydrogen) atoms. The lowest BCUT2D eigenvalue weighted by atomic mass is 9.95. The number of aromatic nitrogens is 4. The maximum absolute atomic E-state index is 13.5. The Labute approximate surface area is 385 Å². The van der Waals surface area contributed by atoms with Crippen molar-refractivity contribution in [3.8, 4) is 0 Å². The van der Waals surface area contributed by atoms with Crippen LogP contribution >= 0.6 is 0 Å². The molecule has 2 aliphatic rings. The second-order valence-corrected chi connectivity index (χ2v) is 43.2. The summed E-state index contributed by atoms with van der Waals surface area (Å²) in [6.07, 6.45) is -1.98. The molecule has 0 amide bonds. The molecule has 2 saturated heterocycles. The minimum atomic E-state index is -2.55. The number of rotatable bonds is 16. The molecule has 0 radical (unpaired) electrons. The van der Waals surface area contributed by atoms with Gasteiger partial charge in [0.05, 0.1) is 19.3 Å². The standard InChI is InChI=1S/C44H83N5O11Si4/c1-41(2,3)61(13,14)55-28-31-34(58-62(15,16)42(4,5)6)29(37(57-31)48-25-22-32(50)45-39(48)52)21-24-47(54)27-30-35(59-63(17,18)43(7,8)9)36(60-64(19,20)44(10,11)12)38(56-30)49-26-23-33(51)46-40(49)53/h22-23,25-26,29-31,34-38,54H,21,24,27-28H2,1-20H3,(H,45,50,52)(H,46,51,53). The number of nitrogens with one attached hydrogen (secondary N) is 2. The van der Waals surface area contributed by atoms with E-state index >= 15 is 0 Å². The third-order valence-electron chi connectivity index (χ3n) is 15.2. The Balaban J connectivity index is 1.78. The van der Waals surface area contributed by atoms with Gasteiger partial charge in [0.25, 0.3) is 11.1 Å². The normalized spacial score (nSPS) is 25.7. The van der Waals surface area contributed by atoms with Crippen LogP contribution in [0.3, 0.4) is 0 Å². The molecule has 4 rings (SSSR count). The van der Waals surface area contributed by atoms with E-state index in [-0.39, 0.29) is 39.8 Å². The van der Waals surface area contributed by atoms with E-state index in [2.05, 4.69) is 145 Å². The van der Waals surface area contributed by atoms with Crippen molar-refractivity contribution >= 4 is 33.3 Å². The van der Waals surface area contributed by atoms with Gasteiger partial charge >= 0.3 is 11.4 Å². The molecule has 2 fully saturated rings. The molecule has 0 saturated carbocycles. The highest BCUT2D eigenvalue weighted by molar-refractivity contribution is 6.75.